The van der Waals surface area contributed by atoms with E-state index in [4.69, 9.17) is 4.74 Å². The molecule has 0 aliphatic carbocycles. The number of allylic oxidation sites excluding steroid dienone is 1. The fourth-order valence-corrected chi connectivity index (χ4v) is 2.81. The van der Waals surface area contributed by atoms with Gasteiger partial charge in [-0.15, -0.1) is 0 Å². The quantitative estimate of drug-likeness (QED) is 0.661. The molecule has 0 radical (unpaired) electrons. The molecule has 3 rings (SSSR count). The van der Waals surface area contributed by atoms with Gasteiger partial charge in [-0.25, -0.2) is 0 Å². The van der Waals surface area contributed by atoms with Crippen LogP contribution in [0.1, 0.15) is 42.3 Å². The molecule has 0 spiro atoms. The molecule has 0 fully saturated rings. The molecule has 0 aromatic heterocycles. The highest BCUT2D eigenvalue weighted by Gasteiger charge is 2.35. The third-order valence-electron chi connectivity index (χ3n) is 4.36. The van der Waals surface area contributed by atoms with E-state index in [0.717, 1.165) is 11.1 Å². The number of rotatable bonds is 3. The third-order valence-corrected chi connectivity index (χ3v) is 4.36. The predicted octanol–water partition coefficient (Wildman–Crippen LogP) is 4.64. The van der Waals surface area contributed by atoms with Gasteiger partial charge in [0.15, 0.2) is 5.78 Å². The summed E-state index contributed by atoms with van der Waals surface area (Å²) < 4.78 is 5.93. The van der Waals surface area contributed by atoms with E-state index in [2.05, 4.69) is 20.8 Å². The van der Waals surface area contributed by atoms with Crippen LogP contribution >= 0.6 is 0 Å². The number of phenolic OH excluding ortho intramolecular Hbond substituents is 1. The summed E-state index contributed by atoms with van der Waals surface area (Å²) in [6.45, 7) is 6.32. The lowest BCUT2D eigenvalue weighted by molar-refractivity contribution is 0.104. The summed E-state index contributed by atoms with van der Waals surface area (Å²) in [5.41, 5.74) is 1.97. The molecule has 2 aromatic carbocycles. The molecule has 3 nitrogen and oxygen atoms in total. The summed E-state index contributed by atoms with van der Waals surface area (Å²) in [5.74, 6) is 0.510. The smallest absolute Gasteiger partial charge is 0.189 e. The van der Waals surface area contributed by atoms with E-state index in [9.17, 15) is 9.90 Å². The van der Waals surface area contributed by atoms with Crippen molar-refractivity contribution < 1.29 is 14.6 Å². The summed E-state index contributed by atoms with van der Waals surface area (Å²) in [4.78, 5) is 12.4. The van der Waals surface area contributed by atoms with Crippen LogP contribution in [0.25, 0.3) is 6.08 Å². The van der Waals surface area contributed by atoms with Crippen LogP contribution in [0.4, 0.5) is 0 Å². The first kappa shape index (κ1) is 16.3. The molecule has 1 aliphatic heterocycles. The van der Waals surface area contributed by atoms with E-state index in [-0.39, 0.29) is 23.1 Å². The van der Waals surface area contributed by atoms with Gasteiger partial charge in [0.05, 0.1) is 5.56 Å². The lowest BCUT2D eigenvalue weighted by atomic mass is 9.86. The number of phenols is 1. The Hall–Kier alpha value is -2.55. The standard InChI is InChI=1S/C21H22O3/c1-21(2,3)19-13-16-18(24-19)12-10-15(20(16)23)17(22)11-9-14-7-5-4-6-8-14/h4-12,19,23H,13H2,1-3H3/b11-9+. The van der Waals surface area contributed by atoms with Gasteiger partial charge in [-0.1, -0.05) is 57.2 Å². The Morgan fingerprint density at radius 3 is 2.54 bits per heavy atom. The van der Waals surface area contributed by atoms with Crippen molar-refractivity contribution in [3.05, 3.63) is 65.2 Å². The van der Waals surface area contributed by atoms with Gasteiger partial charge in [0.2, 0.25) is 0 Å². The molecule has 1 unspecified atom stereocenters. The molecule has 24 heavy (non-hydrogen) atoms. The second-order valence-electron chi connectivity index (χ2n) is 7.22. The molecule has 0 saturated heterocycles. The average molecular weight is 322 g/mol. The zero-order chi connectivity index (χ0) is 17.3. The second-order valence-corrected chi connectivity index (χ2v) is 7.22. The van der Waals surface area contributed by atoms with E-state index in [0.29, 0.717) is 17.7 Å². The highest BCUT2D eigenvalue weighted by Crippen LogP contribution is 2.42. The molecule has 2 aromatic rings. The lowest BCUT2D eigenvalue weighted by Crippen LogP contribution is -2.30. The van der Waals surface area contributed by atoms with Crippen molar-refractivity contribution in [2.45, 2.75) is 33.3 Å². The molecule has 0 saturated carbocycles. The summed E-state index contributed by atoms with van der Waals surface area (Å²) >= 11 is 0. The number of ether oxygens (including phenoxy) is 1. The van der Waals surface area contributed by atoms with Gasteiger partial charge in [0.25, 0.3) is 0 Å². The molecule has 1 N–H and O–H groups in total. The highest BCUT2D eigenvalue weighted by atomic mass is 16.5. The topological polar surface area (TPSA) is 46.5 Å². The van der Waals surface area contributed by atoms with Crippen molar-refractivity contribution in [1.29, 1.82) is 0 Å². The number of hydrogen-bond donors (Lipinski definition) is 1. The fraction of sp³-hybridized carbons (Fsp3) is 0.286. The zero-order valence-electron chi connectivity index (χ0n) is 14.2. The lowest BCUT2D eigenvalue weighted by Gasteiger charge is -2.25. The van der Waals surface area contributed by atoms with Crippen LogP contribution in [0.15, 0.2) is 48.5 Å². The van der Waals surface area contributed by atoms with Crippen LogP contribution in [0.5, 0.6) is 11.5 Å². The third kappa shape index (κ3) is 3.21. The van der Waals surface area contributed by atoms with Gasteiger partial charge in [-0.3, -0.25) is 4.79 Å². The van der Waals surface area contributed by atoms with Crippen LogP contribution in [0.2, 0.25) is 0 Å². The van der Waals surface area contributed by atoms with Crippen LogP contribution < -0.4 is 4.74 Å². The minimum Gasteiger partial charge on any atom is -0.507 e. The Morgan fingerprint density at radius 1 is 1.17 bits per heavy atom. The molecular formula is C21H22O3. The normalized spacial score (nSPS) is 16.9. The molecule has 1 atom stereocenters. The van der Waals surface area contributed by atoms with Gasteiger partial charge in [-0.2, -0.15) is 0 Å². The number of carbonyl (C=O) groups excluding carboxylic acids is 1. The maximum absolute atomic E-state index is 12.4. The number of hydrogen-bond acceptors (Lipinski definition) is 3. The first-order chi connectivity index (χ1) is 11.4. The Balaban J connectivity index is 1.84. The first-order valence-electron chi connectivity index (χ1n) is 8.15. The number of ketones is 1. The monoisotopic (exact) mass is 322 g/mol. The van der Waals surface area contributed by atoms with Gasteiger partial charge < -0.3 is 9.84 Å². The molecule has 0 amide bonds. The van der Waals surface area contributed by atoms with E-state index < -0.39 is 0 Å². The molecule has 1 heterocycles. The predicted molar refractivity (Wildman–Crippen MR) is 95.5 cm³/mol. The summed E-state index contributed by atoms with van der Waals surface area (Å²) in [7, 11) is 0. The fourth-order valence-electron chi connectivity index (χ4n) is 2.81. The Kier molecular flexibility index (Phi) is 4.18. The summed E-state index contributed by atoms with van der Waals surface area (Å²) in [5, 5.41) is 10.5. The van der Waals surface area contributed by atoms with Crippen LogP contribution in [-0.2, 0) is 6.42 Å². The SMILES string of the molecule is CC(C)(C)C1Cc2c(ccc(C(=O)/C=C/c3ccccc3)c2O)O1. The molecule has 0 bridgehead atoms. The van der Waals surface area contributed by atoms with Crippen LogP contribution in [0, 0.1) is 5.41 Å². The molecule has 3 heteroatoms. The second kappa shape index (κ2) is 6.16. The van der Waals surface area contributed by atoms with Crippen molar-refractivity contribution in [2.24, 2.45) is 5.41 Å². The van der Waals surface area contributed by atoms with Gasteiger partial charge in [0.1, 0.15) is 17.6 Å². The zero-order valence-corrected chi connectivity index (χ0v) is 14.2. The van der Waals surface area contributed by atoms with Crippen LogP contribution in [0.3, 0.4) is 0 Å². The van der Waals surface area contributed by atoms with Crippen molar-refractivity contribution in [3.8, 4) is 11.5 Å². The van der Waals surface area contributed by atoms with E-state index in [1.165, 1.54) is 6.08 Å². The summed E-state index contributed by atoms with van der Waals surface area (Å²) in [6.07, 6.45) is 3.87. The molecule has 1 aliphatic rings. The maximum atomic E-state index is 12.4. The number of fused-ring (bicyclic) bond motifs is 1. The van der Waals surface area contributed by atoms with E-state index in [1.54, 1.807) is 18.2 Å². The summed E-state index contributed by atoms with van der Waals surface area (Å²) in [6, 6.07) is 13.0. The number of carbonyl (C=O) groups is 1. The molecule has 124 valence electrons. The minimum absolute atomic E-state index is 0.00335. The minimum atomic E-state index is -0.210. The number of benzene rings is 2. The van der Waals surface area contributed by atoms with Crippen molar-refractivity contribution in [2.75, 3.05) is 0 Å². The van der Waals surface area contributed by atoms with Crippen molar-refractivity contribution >= 4 is 11.9 Å². The average Bonchev–Trinajstić information content (AvgIpc) is 2.99. The van der Waals surface area contributed by atoms with Gasteiger partial charge >= 0.3 is 0 Å². The van der Waals surface area contributed by atoms with Crippen molar-refractivity contribution in [3.63, 3.8) is 0 Å². The maximum Gasteiger partial charge on any atom is 0.189 e. The Bertz CT molecular complexity index is 783. The Labute approximate surface area is 142 Å². The Morgan fingerprint density at radius 2 is 1.88 bits per heavy atom. The molecular weight excluding hydrogens is 300 g/mol. The van der Waals surface area contributed by atoms with Gasteiger partial charge in [-0.05, 0) is 29.2 Å². The van der Waals surface area contributed by atoms with E-state index in [1.807, 2.05) is 30.3 Å². The largest absolute Gasteiger partial charge is 0.507 e. The number of aromatic hydroxyl groups is 1. The highest BCUT2D eigenvalue weighted by molar-refractivity contribution is 6.09. The van der Waals surface area contributed by atoms with Gasteiger partial charge in [0, 0.05) is 12.0 Å². The first-order valence-corrected chi connectivity index (χ1v) is 8.15. The van der Waals surface area contributed by atoms with Crippen molar-refractivity contribution in [1.82, 2.24) is 0 Å². The van der Waals surface area contributed by atoms with E-state index >= 15 is 0 Å². The van der Waals surface area contributed by atoms with Crippen LogP contribution in [-0.4, -0.2) is 17.0 Å².